The van der Waals surface area contributed by atoms with Crippen LogP contribution in [0.15, 0.2) is 60.8 Å². The number of allylic oxidation sites excluding steroid dienone is 9. The van der Waals surface area contributed by atoms with E-state index >= 15 is 0 Å². The minimum absolute atomic E-state index is 0.0758. The molecule has 1 aliphatic heterocycles. The molecule has 1 saturated heterocycles. The fraction of sp³-hybridized carbons (Fsp3) is 0.760. The molecular weight excluding hydrogens is 775 g/mol. The van der Waals surface area contributed by atoms with E-state index in [2.05, 4.69) is 67.8 Å². The lowest BCUT2D eigenvalue weighted by Gasteiger charge is -2.40. The number of unbranched alkanes of at least 4 members (excludes halogenated alkanes) is 17. The second kappa shape index (κ2) is 40.2. The van der Waals surface area contributed by atoms with Crippen LogP contribution in [0.5, 0.6) is 0 Å². The van der Waals surface area contributed by atoms with Crippen molar-refractivity contribution in [2.45, 2.75) is 224 Å². The molecule has 11 nitrogen and oxygen atoms in total. The predicted molar refractivity (Wildman–Crippen MR) is 246 cm³/mol. The van der Waals surface area contributed by atoms with Gasteiger partial charge in [0.2, 0.25) is 5.91 Å². The van der Waals surface area contributed by atoms with Crippen LogP contribution in [-0.2, 0) is 23.8 Å². The van der Waals surface area contributed by atoms with Crippen molar-refractivity contribution in [1.82, 2.24) is 5.32 Å². The van der Waals surface area contributed by atoms with E-state index in [1.165, 1.54) is 44.9 Å². The topological polar surface area (TPSA) is 175 Å². The molecule has 1 aliphatic rings. The number of rotatable bonds is 39. The predicted octanol–water partition coefficient (Wildman–Crippen LogP) is 9.16. The molecule has 7 atom stereocenters. The Bertz CT molecular complexity index is 1200. The maximum atomic E-state index is 12.9. The van der Waals surface area contributed by atoms with Gasteiger partial charge in [-0.3, -0.25) is 9.59 Å². The van der Waals surface area contributed by atoms with Gasteiger partial charge in [-0.15, -0.1) is 0 Å². The largest absolute Gasteiger partial charge is 0.466 e. The Labute approximate surface area is 369 Å². The third-order valence-corrected chi connectivity index (χ3v) is 10.8. The van der Waals surface area contributed by atoms with E-state index in [9.17, 15) is 35.1 Å². The van der Waals surface area contributed by atoms with Gasteiger partial charge in [0.05, 0.1) is 32.0 Å². The molecule has 0 aromatic carbocycles. The molecule has 1 amide bonds. The van der Waals surface area contributed by atoms with Crippen molar-refractivity contribution in [3.8, 4) is 0 Å². The molecule has 0 bridgehead atoms. The van der Waals surface area contributed by atoms with E-state index < -0.39 is 49.5 Å². The van der Waals surface area contributed by atoms with Crippen LogP contribution in [0.4, 0.5) is 0 Å². The van der Waals surface area contributed by atoms with Gasteiger partial charge in [-0.05, 0) is 96.3 Å². The number of aliphatic hydroxyl groups is 5. The zero-order valence-electron chi connectivity index (χ0n) is 38.1. The van der Waals surface area contributed by atoms with Gasteiger partial charge in [-0.2, -0.15) is 0 Å². The first kappa shape index (κ1) is 56.4. The van der Waals surface area contributed by atoms with Gasteiger partial charge in [0.15, 0.2) is 6.29 Å². The average molecular weight is 862 g/mol. The summed E-state index contributed by atoms with van der Waals surface area (Å²) >= 11 is 0. The Morgan fingerprint density at radius 3 is 1.79 bits per heavy atom. The van der Waals surface area contributed by atoms with Crippen LogP contribution in [0.3, 0.4) is 0 Å². The van der Waals surface area contributed by atoms with E-state index in [4.69, 9.17) is 14.2 Å². The number of esters is 1. The van der Waals surface area contributed by atoms with Crippen molar-refractivity contribution in [3.63, 3.8) is 0 Å². The Balaban J connectivity index is 2.21. The SMILES string of the molecule is CCC/C=C\C/C=C\CCCCCCCC(=O)OCCCC/C=C\CCCCCCCC(=O)NC(COC1OC(CO)C(O)C(O)C1O)C(O)/C=C/CC/C=C/CCCCC. The van der Waals surface area contributed by atoms with Gasteiger partial charge in [0, 0.05) is 12.8 Å². The molecular formula is C50H87NO10. The average Bonchev–Trinajstić information content (AvgIpc) is 3.25. The van der Waals surface area contributed by atoms with Crippen molar-refractivity contribution < 1.29 is 49.3 Å². The minimum Gasteiger partial charge on any atom is -0.466 e. The first-order valence-corrected chi connectivity index (χ1v) is 24.1. The number of carbonyl (C=O) groups is 2. The third-order valence-electron chi connectivity index (χ3n) is 10.8. The Morgan fingerprint density at radius 1 is 0.607 bits per heavy atom. The van der Waals surface area contributed by atoms with Gasteiger partial charge >= 0.3 is 5.97 Å². The Hall–Kier alpha value is -2.64. The zero-order valence-corrected chi connectivity index (χ0v) is 38.1. The standard InChI is InChI=1S/C50H87NO10/c1-3-5-7-9-11-13-14-15-18-22-26-30-34-38-46(55)59-39-35-31-27-23-19-16-17-21-25-29-33-37-45(54)51-42(43(53)36-32-28-24-20-12-10-8-6-4-2)41-60-50-49(58)48(57)47(56)44(40-52)61-50/h7,9,12-14,19-20,23,32,36,42-44,47-50,52-53,56-58H,3-6,8,10-11,15-18,21-22,24-31,33-35,37-41H2,1-2H3,(H,51,54)/b9-7-,14-13-,20-12+,23-19-,36-32+. The monoisotopic (exact) mass is 862 g/mol. The summed E-state index contributed by atoms with van der Waals surface area (Å²) in [6.07, 6.45) is 38.8. The van der Waals surface area contributed by atoms with Crippen LogP contribution in [0.25, 0.3) is 0 Å². The Morgan fingerprint density at radius 2 is 1.15 bits per heavy atom. The number of amides is 1. The van der Waals surface area contributed by atoms with Gasteiger partial charge in [0.25, 0.3) is 0 Å². The molecule has 1 heterocycles. The van der Waals surface area contributed by atoms with Crippen LogP contribution in [-0.4, -0.2) is 100 Å². The second-order valence-corrected chi connectivity index (χ2v) is 16.4. The molecule has 352 valence electrons. The van der Waals surface area contributed by atoms with Crippen molar-refractivity contribution in [2.24, 2.45) is 0 Å². The maximum absolute atomic E-state index is 12.9. The summed E-state index contributed by atoms with van der Waals surface area (Å²) in [5.41, 5.74) is 0. The first-order chi connectivity index (χ1) is 29.7. The van der Waals surface area contributed by atoms with Crippen LogP contribution >= 0.6 is 0 Å². The summed E-state index contributed by atoms with van der Waals surface area (Å²) in [5.74, 6) is -0.303. The second-order valence-electron chi connectivity index (χ2n) is 16.4. The summed E-state index contributed by atoms with van der Waals surface area (Å²) in [5, 5.41) is 53.9. The molecule has 0 spiro atoms. The smallest absolute Gasteiger partial charge is 0.305 e. The highest BCUT2D eigenvalue weighted by Gasteiger charge is 2.44. The maximum Gasteiger partial charge on any atom is 0.305 e. The van der Waals surface area contributed by atoms with E-state index in [0.29, 0.717) is 25.9 Å². The molecule has 1 rings (SSSR count). The van der Waals surface area contributed by atoms with Crippen molar-refractivity contribution in [3.05, 3.63) is 60.8 Å². The molecule has 0 aromatic rings. The summed E-state index contributed by atoms with van der Waals surface area (Å²) in [6, 6.07) is -0.849. The number of aliphatic hydroxyl groups excluding tert-OH is 5. The molecule has 0 saturated carbocycles. The lowest BCUT2D eigenvalue weighted by atomic mass is 9.99. The molecule has 7 unspecified atom stereocenters. The van der Waals surface area contributed by atoms with Crippen molar-refractivity contribution in [1.29, 1.82) is 0 Å². The molecule has 0 aliphatic carbocycles. The van der Waals surface area contributed by atoms with E-state index in [1.807, 2.05) is 6.08 Å². The fourth-order valence-electron chi connectivity index (χ4n) is 6.89. The van der Waals surface area contributed by atoms with Gasteiger partial charge in [-0.25, -0.2) is 0 Å². The molecule has 0 aromatic heterocycles. The lowest BCUT2D eigenvalue weighted by molar-refractivity contribution is -0.302. The molecule has 0 radical (unpaired) electrons. The van der Waals surface area contributed by atoms with Crippen molar-refractivity contribution in [2.75, 3.05) is 19.8 Å². The number of hydrogen-bond donors (Lipinski definition) is 6. The van der Waals surface area contributed by atoms with Gasteiger partial charge < -0.3 is 45.1 Å². The highest BCUT2D eigenvalue weighted by atomic mass is 16.7. The normalized spacial score (nSPS) is 20.8. The molecule has 1 fully saturated rings. The molecule has 11 heteroatoms. The first-order valence-electron chi connectivity index (χ1n) is 24.1. The van der Waals surface area contributed by atoms with Gasteiger partial charge in [0.1, 0.15) is 24.4 Å². The summed E-state index contributed by atoms with van der Waals surface area (Å²) in [6.45, 7) is 4.06. The molecule has 61 heavy (non-hydrogen) atoms. The van der Waals surface area contributed by atoms with Crippen LogP contribution in [0.2, 0.25) is 0 Å². The van der Waals surface area contributed by atoms with E-state index in [1.54, 1.807) is 6.08 Å². The van der Waals surface area contributed by atoms with Crippen LogP contribution < -0.4 is 5.32 Å². The number of ether oxygens (including phenoxy) is 3. The van der Waals surface area contributed by atoms with Crippen molar-refractivity contribution >= 4 is 11.9 Å². The number of nitrogens with one attached hydrogen (secondary N) is 1. The molecule has 6 N–H and O–H groups in total. The highest BCUT2D eigenvalue weighted by Crippen LogP contribution is 2.22. The highest BCUT2D eigenvalue weighted by molar-refractivity contribution is 5.76. The minimum atomic E-state index is -1.59. The number of hydrogen-bond acceptors (Lipinski definition) is 10. The van der Waals surface area contributed by atoms with Crippen LogP contribution in [0, 0.1) is 0 Å². The fourth-order valence-corrected chi connectivity index (χ4v) is 6.89. The summed E-state index contributed by atoms with van der Waals surface area (Å²) in [7, 11) is 0. The number of carbonyl (C=O) groups excluding carboxylic acids is 2. The van der Waals surface area contributed by atoms with E-state index in [-0.39, 0.29) is 18.5 Å². The Kier molecular flexibility index (Phi) is 37.1. The summed E-state index contributed by atoms with van der Waals surface area (Å²) < 4.78 is 16.5. The van der Waals surface area contributed by atoms with Gasteiger partial charge in [-0.1, -0.05) is 132 Å². The van der Waals surface area contributed by atoms with E-state index in [0.717, 1.165) is 103 Å². The quantitative estimate of drug-likeness (QED) is 0.0199. The zero-order chi connectivity index (χ0) is 44.6. The van der Waals surface area contributed by atoms with Crippen LogP contribution in [0.1, 0.15) is 181 Å². The lowest BCUT2D eigenvalue weighted by Crippen LogP contribution is -2.60. The summed E-state index contributed by atoms with van der Waals surface area (Å²) in [4.78, 5) is 24.9. The third kappa shape index (κ3) is 31.0.